The van der Waals surface area contributed by atoms with Crippen molar-refractivity contribution >= 4 is 23.2 Å². The van der Waals surface area contributed by atoms with Gasteiger partial charge in [0.2, 0.25) is 0 Å². The second-order valence-corrected chi connectivity index (χ2v) is 5.92. The van der Waals surface area contributed by atoms with Gasteiger partial charge in [-0.3, -0.25) is 4.79 Å². The van der Waals surface area contributed by atoms with E-state index < -0.39 is 5.91 Å². The molecule has 0 bridgehead atoms. The molecule has 0 aliphatic rings. The summed E-state index contributed by atoms with van der Waals surface area (Å²) in [5.41, 5.74) is 6.23. The fourth-order valence-corrected chi connectivity index (χ4v) is 2.57. The first-order chi connectivity index (χ1) is 11.1. The van der Waals surface area contributed by atoms with E-state index in [1.54, 1.807) is 23.5 Å². The minimum Gasteiger partial charge on any atom is -0.454 e. The number of nitrogens with zero attached hydrogens (tertiary/aromatic N) is 2. The molecule has 0 radical (unpaired) electrons. The summed E-state index contributed by atoms with van der Waals surface area (Å²) in [5.74, 6) is 0.846. The van der Waals surface area contributed by atoms with Crippen LogP contribution in [0.1, 0.15) is 33.9 Å². The molecule has 2 aromatic heterocycles. The largest absolute Gasteiger partial charge is 0.454 e. The molecule has 0 aromatic carbocycles. The summed E-state index contributed by atoms with van der Waals surface area (Å²) >= 11 is 1.65. The number of aromatic nitrogens is 1. The molecule has 8 heteroatoms. The van der Waals surface area contributed by atoms with Crippen LogP contribution in [0.3, 0.4) is 0 Å². The first kappa shape index (κ1) is 17.0. The monoisotopic (exact) mass is 335 g/mol. The van der Waals surface area contributed by atoms with Crippen molar-refractivity contribution in [3.8, 4) is 0 Å². The van der Waals surface area contributed by atoms with Crippen LogP contribution in [0.4, 0.5) is 0 Å². The molecule has 2 rings (SSSR count). The zero-order valence-corrected chi connectivity index (χ0v) is 14.1. The Kier molecular flexibility index (Phi) is 6.16. The van der Waals surface area contributed by atoms with Gasteiger partial charge in [-0.25, -0.2) is 9.98 Å². The van der Waals surface area contributed by atoms with Crippen LogP contribution in [0.25, 0.3) is 0 Å². The number of thiazole rings is 1. The smallest absolute Gasteiger partial charge is 0.284 e. The Bertz CT molecular complexity index is 677. The molecule has 4 N–H and O–H groups in total. The van der Waals surface area contributed by atoms with Crippen molar-refractivity contribution in [2.24, 2.45) is 10.7 Å². The molecule has 0 saturated heterocycles. The third kappa shape index (κ3) is 5.41. The molecule has 7 nitrogen and oxygen atoms in total. The zero-order chi connectivity index (χ0) is 16.7. The standard InChI is InChI=1S/C15H21N5O2S/c1-3-17-15(18-7-6-11-9-23-10(2)20-11)19-8-12-4-5-13(22-12)14(16)21/h4-5,9H,3,6-8H2,1-2H3,(H2,16,21)(H2,17,18,19). The van der Waals surface area contributed by atoms with Gasteiger partial charge in [-0.15, -0.1) is 11.3 Å². The van der Waals surface area contributed by atoms with Crippen LogP contribution in [-0.2, 0) is 13.0 Å². The lowest BCUT2D eigenvalue weighted by atomic mass is 10.3. The number of carbonyl (C=O) groups excluding carboxylic acids is 1. The molecule has 0 aliphatic carbocycles. The molecule has 0 aliphatic heterocycles. The summed E-state index contributed by atoms with van der Waals surface area (Å²) in [6.45, 7) is 5.82. The fraction of sp³-hybridized carbons (Fsp3) is 0.400. The van der Waals surface area contributed by atoms with E-state index in [2.05, 4.69) is 26.0 Å². The Morgan fingerprint density at radius 3 is 2.87 bits per heavy atom. The molecule has 0 spiro atoms. The summed E-state index contributed by atoms with van der Waals surface area (Å²) in [7, 11) is 0. The van der Waals surface area contributed by atoms with Crippen LogP contribution >= 0.6 is 11.3 Å². The predicted molar refractivity (Wildman–Crippen MR) is 90.6 cm³/mol. The van der Waals surface area contributed by atoms with E-state index in [1.807, 2.05) is 13.8 Å². The summed E-state index contributed by atoms with van der Waals surface area (Å²) in [5, 5.41) is 9.55. The highest BCUT2D eigenvalue weighted by Crippen LogP contribution is 2.09. The van der Waals surface area contributed by atoms with Gasteiger partial charge >= 0.3 is 0 Å². The molecule has 23 heavy (non-hydrogen) atoms. The topological polar surface area (TPSA) is 106 Å². The number of guanidine groups is 1. The van der Waals surface area contributed by atoms with Crippen LogP contribution in [0.2, 0.25) is 0 Å². The molecule has 0 atom stereocenters. The van der Waals surface area contributed by atoms with Crippen molar-refractivity contribution in [1.82, 2.24) is 15.6 Å². The van der Waals surface area contributed by atoms with Gasteiger partial charge in [0.15, 0.2) is 11.7 Å². The summed E-state index contributed by atoms with van der Waals surface area (Å²) in [4.78, 5) is 19.8. The van der Waals surface area contributed by atoms with E-state index in [0.29, 0.717) is 18.3 Å². The number of aliphatic imine (C=N–C) groups is 1. The first-order valence-corrected chi connectivity index (χ1v) is 8.28. The number of aryl methyl sites for hydroxylation is 1. The van der Waals surface area contributed by atoms with Crippen molar-refractivity contribution < 1.29 is 9.21 Å². The molecule has 2 heterocycles. The van der Waals surface area contributed by atoms with E-state index in [9.17, 15) is 4.79 Å². The molecule has 2 aromatic rings. The average Bonchev–Trinajstić information content (AvgIpc) is 3.14. The van der Waals surface area contributed by atoms with Crippen LogP contribution in [0.5, 0.6) is 0 Å². The number of amides is 1. The van der Waals surface area contributed by atoms with Gasteiger partial charge in [-0.05, 0) is 26.0 Å². The highest BCUT2D eigenvalue weighted by molar-refractivity contribution is 7.09. The van der Waals surface area contributed by atoms with E-state index in [4.69, 9.17) is 10.2 Å². The quantitative estimate of drug-likeness (QED) is 0.524. The summed E-state index contributed by atoms with van der Waals surface area (Å²) < 4.78 is 5.30. The van der Waals surface area contributed by atoms with E-state index in [-0.39, 0.29) is 5.76 Å². The number of nitrogens with one attached hydrogen (secondary N) is 2. The van der Waals surface area contributed by atoms with E-state index >= 15 is 0 Å². The lowest BCUT2D eigenvalue weighted by molar-refractivity contribution is 0.0972. The van der Waals surface area contributed by atoms with Gasteiger partial charge in [-0.1, -0.05) is 0 Å². The van der Waals surface area contributed by atoms with Crippen molar-refractivity contribution in [2.45, 2.75) is 26.8 Å². The second-order valence-electron chi connectivity index (χ2n) is 4.86. The molecular formula is C15H21N5O2S. The van der Waals surface area contributed by atoms with Crippen molar-refractivity contribution in [1.29, 1.82) is 0 Å². The number of carbonyl (C=O) groups is 1. The highest BCUT2D eigenvalue weighted by Gasteiger charge is 2.07. The zero-order valence-electron chi connectivity index (χ0n) is 13.3. The number of primary amides is 1. The number of hydrogen-bond donors (Lipinski definition) is 3. The predicted octanol–water partition coefficient (Wildman–Crippen LogP) is 1.44. The van der Waals surface area contributed by atoms with Crippen molar-refractivity contribution in [2.75, 3.05) is 13.1 Å². The Hall–Kier alpha value is -2.35. The van der Waals surface area contributed by atoms with Crippen LogP contribution < -0.4 is 16.4 Å². The minimum absolute atomic E-state index is 0.145. The number of furan rings is 1. The van der Waals surface area contributed by atoms with Gasteiger partial charge in [0.25, 0.3) is 5.91 Å². The van der Waals surface area contributed by atoms with Crippen LogP contribution in [-0.4, -0.2) is 29.9 Å². The second kappa shape index (κ2) is 8.33. The molecule has 124 valence electrons. The van der Waals surface area contributed by atoms with E-state index in [0.717, 1.165) is 30.2 Å². The van der Waals surface area contributed by atoms with Gasteiger partial charge in [0.1, 0.15) is 12.3 Å². The third-order valence-corrected chi connectivity index (χ3v) is 3.80. The van der Waals surface area contributed by atoms with Gasteiger partial charge in [0, 0.05) is 24.9 Å². The van der Waals surface area contributed by atoms with Gasteiger partial charge < -0.3 is 20.8 Å². The number of hydrogen-bond acceptors (Lipinski definition) is 5. The maximum absolute atomic E-state index is 11.0. The normalized spacial score (nSPS) is 11.5. The third-order valence-electron chi connectivity index (χ3n) is 2.98. The molecular weight excluding hydrogens is 314 g/mol. The molecule has 0 fully saturated rings. The van der Waals surface area contributed by atoms with E-state index in [1.165, 1.54) is 0 Å². The Morgan fingerprint density at radius 2 is 2.26 bits per heavy atom. The van der Waals surface area contributed by atoms with Crippen LogP contribution in [0, 0.1) is 6.92 Å². The van der Waals surface area contributed by atoms with Gasteiger partial charge in [-0.2, -0.15) is 0 Å². The molecule has 0 unspecified atom stereocenters. The lowest BCUT2D eigenvalue weighted by Gasteiger charge is -2.10. The van der Waals surface area contributed by atoms with Crippen molar-refractivity contribution in [3.63, 3.8) is 0 Å². The average molecular weight is 335 g/mol. The maximum Gasteiger partial charge on any atom is 0.284 e. The fourth-order valence-electron chi connectivity index (χ4n) is 1.93. The SMILES string of the molecule is CCNC(=NCc1ccc(C(N)=O)o1)NCCc1csc(C)n1. The number of rotatable bonds is 7. The van der Waals surface area contributed by atoms with Crippen molar-refractivity contribution in [3.05, 3.63) is 39.7 Å². The number of nitrogens with two attached hydrogens (primary N) is 1. The molecule has 1 amide bonds. The van der Waals surface area contributed by atoms with Crippen LogP contribution in [0.15, 0.2) is 26.9 Å². The first-order valence-electron chi connectivity index (χ1n) is 7.40. The molecule has 0 saturated carbocycles. The summed E-state index contributed by atoms with van der Waals surface area (Å²) in [6.07, 6.45) is 0.835. The maximum atomic E-state index is 11.0. The highest BCUT2D eigenvalue weighted by atomic mass is 32.1. The van der Waals surface area contributed by atoms with Gasteiger partial charge in [0.05, 0.1) is 10.7 Å². The summed E-state index contributed by atoms with van der Waals surface area (Å²) in [6, 6.07) is 3.25. The minimum atomic E-state index is -0.580. The Balaban J connectivity index is 1.87. The Labute approximate surface area is 139 Å². The Morgan fingerprint density at radius 1 is 1.43 bits per heavy atom. The lowest BCUT2D eigenvalue weighted by Crippen LogP contribution is -2.38.